The van der Waals surface area contributed by atoms with Crippen LogP contribution in [0, 0.1) is 6.92 Å². The maximum atomic E-state index is 11.7. The van der Waals surface area contributed by atoms with Crippen LogP contribution in [-0.4, -0.2) is 38.0 Å². The normalized spacial score (nSPS) is 24.4. The SMILES string of the molecule is [CH2]CN1CCc2cc(OC)c(OC)cc2C12C=CC(=O)CC2. The zero-order valence-electron chi connectivity index (χ0n) is 13.2. The minimum atomic E-state index is -0.247. The molecule has 4 heteroatoms. The summed E-state index contributed by atoms with van der Waals surface area (Å²) in [5, 5.41) is 0. The van der Waals surface area contributed by atoms with Gasteiger partial charge in [-0.15, -0.1) is 0 Å². The maximum Gasteiger partial charge on any atom is 0.161 e. The second-order valence-electron chi connectivity index (χ2n) is 5.83. The number of ketones is 1. The first-order valence-electron chi connectivity index (χ1n) is 7.66. The fraction of sp³-hybridized carbons (Fsp3) is 0.444. The van der Waals surface area contributed by atoms with E-state index in [4.69, 9.17) is 9.47 Å². The number of rotatable bonds is 3. The lowest BCUT2D eigenvalue weighted by atomic mass is 9.74. The Bertz CT molecular complexity index is 623. The number of hydrogen-bond donors (Lipinski definition) is 0. The van der Waals surface area contributed by atoms with Crippen LogP contribution in [-0.2, 0) is 16.8 Å². The van der Waals surface area contributed by atoms with Crippen molar-refractivity contribution in [2.24, 2.45) is 0 Å². The average Bonchev–Trinajstić information content (AvgIpc) is 2.56. The van der Waals surface area contributed by atoms with E-state index >= 15 is 0 Å². The highest BCUT2D eigenvalue weighted by atomic mass is 16.5. The molecule has 117 valence electrons. The van der Waals surface area contributed by atoms with Crippen LogP contribution >= 0.6 is 0 Å². The highest BCUT2D eigenvalue weighted by molar-refractivity contribution is 5.91. The van der Waals surface area contributed by atoms with Crippen molar-refractivity contribution in [2.75, 3.05) is 27.3 Å². The van der Waals surface area contributed by atoms with Crippen molar-refractivity contribution in [3.8, 4) is 11.5 Å². The molecule has 0 aromatic heterocycles. The van der Waals surface area contributed by atoms with E-state index in [1.807, 2.05) is 6.08 Å². The number of carbonyl (C=O) groups is 1. The van der Waals surface area contributed by atoms with E-state index in [1.165, 1.54) is 11.1 Å². The van der Waals surface area contributed by atoms with Gasteiger partial charge in [0.15, 0.2) is 17.3 Å². The molecule has 1 radical (unpaired) electrons. The van der Waals surface area contributed by atoms with Crippen LogP contribution in [0.4, 0.5) is 0 Å². The van der Waals surface area contributed by atoms with Gasteiger partial charge in [0.05, 0.1) is 19.8 Å². The quantitative estimate of drug-likeness (QED) is 0.860. The molecule has 22 heavy (non-hydrogen) atoms. The first-order valence-corrected chi connectivity index (χ1v) is 7.66. The van der Waals surface area contributed by atoms with E-state index in [-0.39, 0.29) is 11.3 Å². The fourth-order valence-electron chi connectivity index (χ4n) is 3.67. The molecule has 1 unspecified atom stereocenters. The van der Waals surface area contributed by atoms with Gasteiger partial charge in [-0.05, 0) is 55.6 Å². The standard InChI is InChI=1S/C18H22NO3/c1-4-19-10-7-13-11-16(21-2)17(22-3)12-15(13)18(19)8-5-14(20)6-9-18/h5,8,11-12H,1,4,6-7,9-10H2,2-3H3. The van der Waals surface area contributed by atoms with Gasteiger partial charge in [-0.3, -0.25) is 9.69 Å². The summed E-state index contributed by atoms with van der Waals surface area (Å²) in [6.07, 6.45) is 6.09. The van der Waals surface area contributed by atoms with E-state index < -0.39 is 0 Å². The summed E-state index contributed by atoms with van der Waals surface area (Å²) in [5.41, 5.74) is 2.23. The lowest BCUT2D eigenvalue weighted by Crippen LogP contribution is -2.50. The molecule has 1 aliphatic carbocycles. The predicted molar refractivity (Wildman–Crippen MR) is 85.2 cm³/mol. The van der Waals surface area contributed by atoms with Crippen LogP contribution in [0.3, 0.4) is 0 Å². The molecule has 0 fully saturated rings. The summed E-state index contributed by atoms with van der Waals surface area (Å²) in [6, 6.07) is 4.14. The van der Waals surface area contributed by atoms with Gasteiger partial charge in [-0.1, -0.05) is 6.08 Å². The van der Waals surface area contributed by atoms with Gasteiger partial charge in [0.25, 0.3) is 0 Å². The maximum absolute atomic E-state index is 11.7. The second kappa shape index (κ2) is 5.76. The van der Waals surface area contributed by atoms with Crippen molar-refractivity contribution in [3.05, 3.63) is 42.3 Å². The van der Waals surface area contributed by atoms with Crippen LogP contribution in [0.25, 0.3) is 0 Å². The van der Waals surface area contributed by atoms with Crippen LogP contribution in [0.1, 0.15) is 24.0 Å². The molecule has 1 heterocycles. The molecule has 1 aromatic rings. The van der Waals surface area contributed by atoms with E-state index in [0.29, 0.717) is 13.0 Å². The number of fused-ring (bicyclic) bond motifs is 2. The van der Waals surface area contributed by atoms with Crippen LogP contribution in [0.2, 0.25) is 0 Å². The topological polar surface area (TPSA) is 38.8 Å². The Hall–Kier alpha value is -1.81. The van der Waals surface area contributed by atoms with Crippen molar-refractivity contribution in [1.82, 2.24) is 4.90 Å². The number of hydrogen-bond acceptors (Lipinski definition) is 4. The smallest absolute Gasteiger partial charge is 0.161 e. The van der Waals surface area contributed by atoms with Gasteiger partial charge in [0.2, 0.25) is 0 Å². The van der Waals surface area contributed by atoms with Gasteiger partial charge in [-0.25, -0.2) is 0 Å². The third kappa shape index (κ3) is 2.22. The van der Waals surface area contributed by atoms with Crippen molar-refractivity contribution in [1.29, 1.82) is 0 Å². The van der Waals surface area contributed by atoms with Crippen molar-refractivity contribution in [3.63, 3.8) is 0 Å². The second-order valence-corrected chi connectivity index (χ2v) is 5.83. The third-order valence-corrected chi connectivity index (χ3v) is 4.86. The fourth-order valence-corrected chi connectivity index (χ4v) is 3.67. The number of methoxy groups -OCH3 is 2. The minimum absolute atomic E-state index is 0.197. The summed E-state index contributed by atoms with van der Waals surface area (Å²) < 4.78 is 10.9. The summed E-state index contributed by atoms with van der Waals surface area (Å²) in [6.45, 7) is 5.73. The molecule has 0 N–H and O–H groups in total. The van der Waals surface area contributed by atoms with Gasteiger partial charge in [-0.2, -0.15) is 0 Å². The van der Waals surface area contributed by atoms with Gasteiger partial charge >= 0.3 is 0 Å². The Balaban J connectivity index is 2.18. The highest BCUT2D eigenvalue weighted by Gasteiger charge is 2.42. The summed E-state index contributed by atoms with van der Waals surface area (Å²) in [4.78, 5) is 14.0. The Morgan fingerprint density at radius 1 is 1.23 bits per heavy atom. The van der Waals surface area contributed by atoms with E-state index in [9.17, 15) is 4.79 Å². The lowest BCUT2D eigenvalue weighted by molar-refractivity contribution is -0.116. The van der Waals surface area contributed by atoms with Crippen molar-refractivity contribution >= 4 is 5.78 Å². The summed E-state index contributed by atoms with van der Waals surface area (Å²) in [7, 11) is 3.31. The molecule has 1 spiro atoms. The average molecular weight is 300 g/mol. The summed E-state index contributed by atoms with van der Waals surface area (Å²) >= 11 is 0. The molecule has 3 rings (SSSR count). The van der Waals surface area contributed by atoms with Gasteiger partial charge < -0.3 is 9.47 Å². The first-order chi connectivity index (χ1) is 10.6. The van der Waals surface area contributed by atoms with Crippen molar-refractivity contribution in [2.45, 2.75) is 24.8 Å². The highest BCUT2D eigenvalue weighted by Crippen LogP contribution is 2.45. The molecule has 1 aromatic carbocycles. The monoisotopic (exact) mass is 300 g/mol. The number of allylic oxidation sites excluding steroid dienone is 1. The van der Waals surface area contributed by atoms with E-state index in [2.05, 4.69) is 24.0 Å². The molecule has 1 atom stereocenters. The number of ether oxygens (including phenoxy) is 2. The molecular weight excluding hydrogens is 278 g/mol. The molecular formula is C18H22NO3. The Morgan fingerprint density at radius 2 is 1.95 bits per heavy atom. The lowest BCUT2D eigenvalue weighted by Gasteiger charge is -2.47. The molecule has 0 amide bonds. The Morgan fingerprint density at radius 3 is 2.55 bits per heavy atom. The Kier molecular flexibility index (Phi) is 3.96. The van der Waals surface area contributed by atoms with Crippen LogP contribution in [0.5, 0.6) is 11.5 Å². The zero-order chi connectivity index (χ0) is 15.7. The Labute approximate surface area is 131 Å². The van der Waals surface area contributed by atoms with Crippen molar-refractivity contribution < 1.29 is 14.3 Å². The van der Waals surface area contributed by atoms with E-state index in [0.717, 1.165) is 30.9 Å². The molecule has 2 aliphatic rings. The molecule has 4 nitrogen and oxygen atoms in total. The zero-order valence-corrected chi connectivity index (χ0v) is 13.2. The number of carbonyl (C=O) groups excluding carboxylic acids is 1. The molecule has 0 bridgehead atoms. The largest absolute Gasteiger partial charge is 0.493 e. The number of benzene rings is 1. The molecule has 0 saturated carbocycles. The minimum Gasteiger partial charge on any atom is -0.493 e. The first kappa shape index (κ1) is 15.1. The molecule has 0 saturated heterocycles. The van der Waals surface area contributed by atoms with Crippen LogP contribution in [0.15, 0.2) is 24.3 Å². The van der Waals surface area contributed by atoms with Gasteiger partial charge in [0.1, 0.15) is 0 Å². The van der Waals surface area contributed by atoms with Crippen LogP contribution < -0.4 is 9.47 Å². The third-order valence-electron chi connectivity index (χ3n) is 4.86. The predicted octanol–water partition coefficient (Wildman–Crippen LogP) is 2.51. The summed E-state index contributed by atoms with van der Waals surface area (Å²) in [5.74, 6) is 1.69. The van der Waals surface area contributed by atoms with Gasteiger partial charge in [0, 0.05) is 13.0 Å². The molecule has 1 aliphatic heterocycles. The number of nitrogens with zero attached hydrogens (tertiary/aromatic N) is 1. The van der Waals surface area contributed by atoms with E-state index in [1.54, 1.807) is 20.3 Å².